The Balaban J connectivity index is 1.64. The summed E-state index contributed by atoms with van der Waals surface area (Å²) >= 11 is 0. The van der Waals surface area contributed by atoms with Crippen LogP contribution in [-0.2, 0) is 19.3 Å². The van der Waals surface area contributed by atoms with E-state index in [9.17, 15) is 0 Å². The van der Waals surface area contributed by atoms with E-state index in [1.54, 1.807) is 6.20 Å². The minimum Gasteiger partial charge on any atom is -0.440 e. The molecule has 1 unspecified atom stereocenters. The number of hydrogen-bond donors (Lipinski definition) is 0. The number of fused-ring (bicyclic) bond motifs is 1. The highest BCUT2D eigenvalue weighted by Gasteiger charge is 2.27. The molecule has 4 heteroatoms. The van der Waals surface area contributed by atoms with Crippen LogP contribution >= 0.6 is 0 Å². The molecule has 0 saturated carbocycles. The Kier molecular flexibility index (Phi) is 3.66. The van der Waals surface area contributed by atoms with Gasteiger partial charge in [0.1, 0.15) is 11.5 Å². The summed E-state index contributed by atoms with van der Waals surface area (Å²) in [6, 6.07) is 9.98. The van der Waals surface area contributed by atoms with E-state index in [0.29, 0.717) is 11.8 Å². The molecule has 116 valence electrons. The summed E-state index contributed by atoms with van der Waals surface area (Å²) in [5.74, 6) is 2.05. The number of nitrogens with zero attached hydrogens (tertiary/aromatic N) is 3. The van der Waals surface area contributed by atoms with Crippen LogP contribution in [0.3, 0.4) is 0 Å². The van der Waals surface area contributed by atoms with Crippen LogP contribution in [0.15, 0.2) is 47.1 Å². The van der Waals surface area contributed by atoms with Gasteiger partial charge in [-0.1, -0.05) is 19.1 Å². The third-order valence-corrected chi connectivity index (χ3v) is 4.52. The third kappa shape index (κ3) is 2.65. The number of aryl methyl sites for hydroxylation is 2. The summed E-state index contributed by atoms with van der Waals surface area (Å²) in [5, 5.41) is 0. The van der Waals surface area contributed by atoms with Gasteiger partial charge in [-0.15, -0.1) is 0 Å². The normalized spacial score (nSPS) is 17.0. The molecule has 1 aliphatic carbocycles. The molecule has 1 atom stereocenters. The molecule has 4 rings (SSSR count). The minimum absolute atomic E-state index is 0.420. The number of oxazole rings is 1. The molecule has 0 saturated heterocycles. The van der Waals surface area contributed by atoms with Crippen molar-refractivity contribution in [1.29, 1.82) is 0 Å². The first kappa shape index (κ1) is 14.1. The smallest absolute Gasteiger partial charge is 0.245 e. The van der Waals surface area contributed by atoms with Gasteiger partial charge in [-0.05, 0) is 43.0 Å². The maximum absolute atomic E-state index is 6.02. The van der Waals surface area contributed by atoms with Crippen LogP contribution in [-0.4, -0.2) is 15.0 Å². The van der Waals surface area contributed by atoms with E-state index in [4.69, 9.17) is 4.42 Å². The standard InChI is InChI=1S/C19H19N3O/c1-2-13-6-5-11-21-18(13)14-8-9-15-17(12-14)23-19(22-15)16-7-3-4-10-20-16/h3-7,10-11,14H,2,8-9,12H2,1H3. The fourth-order valence-electron chi connectivity index (χ4n) is 3.32. The Morgan fingerprint density at radius 2 is 2.04 bits per heavy atom. The molecule has 0 aromatic carbocycles. The summed E-state index contributed by atoms with van der Waals surface area (Å²) in [5.41, 5.74) is 4.43. The van der Waals surface area contributed by atoms with Crippen molar-refractivity contribution in [3.63, 3.8) is 0 Å². The zero-order valence-electron chi connectivity index (χ0n) is 13.2. The summed E-state index contributed by atoms with van der Waals surface area (Å²) < 4.78 is 6.02. The Morgan fingerprint density at radius 3 is 2.87 bits per heavy atom. The Morgan fingerprint density at radius 1 is 1.13 bits per heavy atom. The molecule has 23 heavy (non-hydrogen) atoms. The van der Waals surface area contributed by atoms with E-state index in [1.165, 1.54) is 11.3 Å². The monoisotopic (exact) mass is 305 g/mol. The van der Waals surface area contributed by atoms with Crippen molar-refractivity contribution >= 4 is 0 Å². The fraction of sp³-hybridized carbons (Fsp3) is 0.316. The van der Waals surface area contributed by atoms with Crippen molar-refractivity contribution in [3.05, 3.63) is 65.4 Å². The van der Waals surface area contributed by atoms with Crippen LogP contribution in [0.4, 0.5) is 0 Å². The van der Waals surface area contributed by atoms with Crippen molar-refractivity contribution in [3.8, 4) is 11.6 Å². The molecule has 3 aromatic rings. The van der Waals surface area contributed by atoms with Crippen LogP contribution in [0.2, 0.25) is 0 Å². The summed E-state index contributed by atoms with van der Waals surface area (Å²) in [4.78, 5) is 13.6. The summed E-state index contributed by atoms with van der Waals surface area (Å²) in [6.45, 7) is 2.18. The molecule has 0 fully saturated rings. The van der Waals surface area contributed by atoms with Crippen LogP contribution in [0.5, 0.6) is 0 Å². The number of rotatable bonds is 3. The highest BCUT2D eigenvalue weighted by atomic mass is 16.4. The number of aromatic nitrogens is 3. The predicted octanol–water partition coefficient (Wildman–Crippen LogP) is 3.97. The first-order chi connectivity index (χ1) is 11.3. The maximum atomic E-state index is 6.02. The summed E-state index contributed by atoms with van der Waals surface area (Å²) in [7, 11) is 0. The summed E-state index contributed by atoms with van der Waals surface area (Å²) in [6.07, 6.45) is 7.56. The van der Waals surface area contributed by atoms with Crippen molar-refractivity contribution in [1.82, 2.24) is 15.0 Å². The molecule has 3 aromatic heterocycles. The lowest BCUT2D eigenvalue weighted by molar-refractivity contribution is 0.451. The molecular formula is C19H19N3O. The zero-order chi connectivity index (χ0) is 15.6. The van der Waals surface area contributed by atoms with Gasteiger partial charge in [-0.3, -0.25) is 9.97 Å². The van der Waals surface area contributed by atoms with Gasteiger partial charge in [0.25, 0.3) is 0 Å². The second-order valence-electron chi connectivity index (χ2n) is 5.94. The van der Waals surface area contributed by atoms with Gasteiger partial charge in [0.05, 0.1) is 5.69 Å². The fourth-order valence-corrected chi connectivity index (χ4v) is 3.32. The molecule has 4 nitrogen and oxygen atoms in total. The molecular weight excluding hydrogens is 286 g/mol. The van der Waals surface area contributed by atoms with Crippen molar-refractivity contribution in [2.24, 2.45) is 0 Å². The topological polar surface area (TPSA) is 51.8 Å². The predicted molar refractivity (Wildman–Crippen MR) is 88.1 cm³/mol. The highest BCUT2D eigenvalue weighted by Crippen LogP contribution is 2.35. The van der Waals surface area contributed by atoms with Gasteiger partial charge in [0, 0.05) is 30.4 Å². The van der Waals surface area contributed by atoms with Crippen LogP contribution in [0.25, 0.3) is 11.6 Å². The van der Waals surface area contributed by atoms with Gasteiger partial charge in [0.2, 0.25) is 5.89 Å². The Bertz CT molecular complexity index is 810. The second-order valence-corrected chi connectivity index (χ2v) is 5.94. The van der Waals surface area contributed by atoms with E-state index in [2.05, 4.69) is 27.9 Å². The number of hydrogen-bond acceptors (Lipinski definition) is 4. The molecule has 3 heterocycles. The van der Waals surface area contributed by atoms with Crippen molar-refractivity contribution < 1.29 is 4.42 Å². The Hall–Kier alpha value is -2.49. The van der Waals surface area contributed by atoms with Crippen molar-refractivity contribution in [2.75, 3.05) is 0 Å². The van der Waals surface area contributed by atoms with E-state index < -0.39 is 0 Å². The lowest BCUT2D eigenvalue weighted by Crippen LogP contribution is -2.14. The molecule has 0 N–H and O–H groups in total. The van der Waals surface area contributed by atoms with Gasteiger partial charge in [0.15, 0.2) is 0 Å². The largest absolute Gasteiger partial charge is 0.440 e. The van der Waals surface area contributed by atoms with Crippen molar-refractivity contribution in [2.45, 2.75) is 38.5 Å². The van der Waals surface area contributed by atoms with Crippen LogP contribution in [0.1, 0.15) is 42.0 Å². The Labute approximate surface area is 135 Å². The molecule has 0 amide bonds. The zero-order valence-corrected chi connectivity index (χ0v) is 13.2. The van der Waals surface area contributed by atoms with Gasteiger partial charge in [-0.2, -0.15) is 0 Å². The quantitative estimate of drug-likeness (QED) is 0.735. The number of pyridine rings is 2. The first-order valence-corrected chi connectivity index (χ1v) is 8.19. The molecule has 0 radical (unpaired) electrons. The second kappa shape index (κ2) is 5.95. The average Bonchev–Trinajstić information content (AvgIpc) is 3.05. The lowest BCUT2D eigenvalue weighted by atomic mass is 9.85. The van der Waals surface area contributed by atoms with Gasteiger partial charge in [-0.25, -0.2) is 4.98 Å². The highest BCUT2D eigenvalue weighted by molar-refractivity contribution is 5.47. The molecule has 1 aliphatic rings. The van der Waals surface area contributed by atoms with Gasteiger partial charge < -0.3 is 4.42 Å². The van der Waals surface area contributed by atoms with Gasteiger partial charge >= 0.3 is 0 Å². The molecule has 0 spiro atoms. The molecule has 0 aliphatic heterocycles. The molecule has 0 bridgehead atoms. The lowest BCUT2D eigenvalue weighted by Gasteiger charge is -2.21. The minimum atomic E-state index is 0.420. The SMILES string of the molecule is CCc1cccnc1C1CCc2nc(-c3ccccn3)oc2C1. The van der Waals surface area contributed by atoms with Crippen LogP contribution in [0, 0.1) is 0 Å². The van der Waals surface area contributed by atoms with Crippen LogP contribution < -0.4 is 0 Å². The first-order valence-electron chi connectivity index (χ1n) is 8.19. The third-order valence-electron chi connectivity index (χ3n) is 4.52. The van der Waals surface area contributed by atoms with E-state index >= 15 is 0 Å². The van der Waals surface area contributed by atoms with E-state index in [0.717, 1.165) is 42.8 Å². The van der Waals surface area contributed by atoms with E-state index in [-0.39, 0.29) is 0 Å². The van der Waals surface area contributed by atoms with E-state index in [1.807, 2.05) is 30.5 Å². The average molecular weight is 305 g/mol. The maximum Gasteiger partial charge on any atom is 0.245 e.